The lowest BCUT2D eigenvalue weighted by molar-refractivity contribution is -0.148. The fourth-order valence-corrected chi connectivity index (χ4v) is 3.79. The van der Waals surface area contributed by atoms with E-state index in [9.17, 15) is 4.79 Å². The molecule has 0 aliphatic carbocycles. The fraction of sp³-hybridized carbons (Fsp3) is 0.632. The van der Waals surface area contributed by atoms with E-state index in [1.807, 2.05) is 42.1 Å². The van der Waals surface area contributed by atoms with Crippen molar-refractivity contribution >= 4 is 5.91 Å². The highest BCUT2D eigenvalue weighted by Crippen LogP contribution is 2.31. The van der Waals surface area contributed by atoms with Crippen LogP contribution in [0.1, 0.15) is 24.4 Å². The number of benzene rings is 1. The Morgan fingerprint density at radius 1 is 1.17 bits per heavy atom. The third-order valence-electron chi connectivity index (χ3n) is 4.90. The molecule has 2 heterocycles. The number of ether oxygens (including phenoxy) is 1. The van der Waals surface area contributed by atoms with E-state index in [-0.39, 0.29) is 18.1 Å². The number of hydrogen-bond acceptors (Lipinski definition) is 4. The van der Waals surface area contributed by atoms with Crippen LogP contribution in [0.2, 0.25) is 0 Å². The summed E-state index contributed by atoms with van der Waals surface area (Å²) in [5.41, 5.74) is 1.17. The Kier molecular flexibility index (Phi) is 5.87. The summed E-state index contributed by atoms with van der Waals surface area (Å²) in [7, 11) is 3.88. The molecule has 5 nitrogen and oxygen atoms in total. The summed E-state index contributed by atoms with van der Waals surface area (Å²) in [6, 6.07) is 10.4. The maximum absolute atomic E-state index is 12.8. The Morgan fingerprint density at radius 2 is 1.88 bits per heavy atom. The van der Waals surface area contributed by atoms with Gasteiger partial charge in [0, 0.05) is 13.1 Å². The van der Waals surface area contributed by atoms with Crippen LogP contribution in [0.3, 0.4) is 0 Å². The largest absolute Gasteiger partial charge is 0.373 e. The smallest absolute Gasteiger partial charge is 0.237 e. The lowest BCUT2D eigenvalue weighted by Gasteiger charge is -2.43. The topological polar surface area (TPSA) is 36.0 Å². The summed E-state index contributed by atoms with van der Waals surface area (Å²) >= 11 is 0. The normalized spacial score (nSPS) is 25.4. The highest BCUT2D eigenvalue weighted by Gasteiger charge is 2.37. The molecule has 0 saturated carbocycles. The monoisotopic (exact) mass is 331 g/mol. The molecule has 2 aliphatic rings. The Labute approximate surface area is 145 Å². The predicted octanol–water partition coefficient (Wildman–Crippen LogP) is 1.61. The third kappa shape index (κ3) is 4.15. The standard InChI is InChI=1S/C19H29N3O2/c1-20(2)15-18(23)22-12-13-24-17(14-21-10-6-7-11-21)19(22)16-8-4-3-5-9-16/h3-5,8-9,17,19H,6-7,10-15H2,1-2H3/t17-,19-/m0/s1. The lowest BCUT2D eigenvalue weighted by atomic mass is 9.97. The second kappa shape index (κ2) is 8.10. The number of likely N-dealkylation sites (N-methyl/N-ethyl adjacent to an activating group) is 1. The molecule has 0 bridgehead atoms. The average molecular weight is 331 g/mol. The van der Waals surface area contributed by atoms with Gasteiger partial charge in [-0.3, -0.25) is 4.79 Å². The summed E-state index contributed by atoms with van der Waals surface area (Å²) in [4.78, 5) is 19.2. The second-order valence-corrected chi connectivity index (χ2v) is 7.10. The summed E-state index contributed by atoms with van der Waals surface area (Å²) in [6.07, 6.45) is 2.59. The van der Waals surface area contributed by atoms with Gasteiger partial charge in [-0.15, -0.1) is 0 Å². The molecule has 2 atom stereocenters. The van der Waals surface area contributed by atoms with Crippen LogP contribution in [0.5, 0.6) is 0 Å². The van der Waals surface area contributed by atoms with Crippen molar-refractivity contribution in [2.45, 2.75) is 25.0 Å². The van der Waals surface area contributed by atoms with E-state index in [4.69, 9.17) is 4.74 Å². The molecular weight excluding hydrogens is 302 g/mol. The Hall–Kier alpha value is -1.43. The van der Waals surface area contributed by atoms with Gasteiger partial charge >= 0.3 is 0 Å². The minimum atomic E-state index is 0.00741. The number of likely N-dealkylation sites (tertiary alicyclic amines) is 1. The van der Waals surface area contributed by atoms with Gasteiger partial charge in [0.25, 0.3) is 0 Å². The van der Waals surface area contributed by atoms with Gasteiger partial charge in [-0.25, -0.2) is 0 Å². The molecule has 0 spiro atoms. The maximum atomic E-state index is 12.8. The van der Waals surface area contributed by atoms with Gasteiger partial charge < -0.3 is 19.4 Å². The molecule has 2 fully saturated rings. The van der Waals surface area contributed by atoms with E-state index in [2.05, 4.69) is 17.0 Å². The van der Waals surface area contributed by atoms with Crippen LogP contribution in [-0.4, -0.2) is 80.1 Å². The van der Waals surface area contributed by atoms with E-state index in [1.165, 1.54) is 18.4 Å². The van der Waals surface area contributed by atoms with Crippen molar-refractivity contribution in [1.82, 2.24) is 14.7 Å². The van der Waals surface area contributed by atoms with E-state index in [0.717, 1.165) is 19.6 Å². The Morgan fingerprint density at radius 3 is 2.54 bits per heavy atom. The van der Waals surface area contributed by atoms with Gasteiger partial charge in [0.2, 0.25) is 5.91 Å². The number of nitrogens with zero attached hydrogens (tertiary/aromatic N) is 3. The molecule has 24 heavy (non-hydrogen) atoms. The molecule has 1 aromatic carbocycles. The van der Waals surface area contributed by atoms with Crippen LogP contribution >= 0.6 is 0 Å². The van der Waals surface area contributed by atoms with Gasteiger partial charge in [-0.1, -0.05) is 30.3 Å². The zero-order chi connectivity index (χ0) is 16.9. The number of rotatable bonds is 5. The minimum Gasteiger partial charge on any atom is -0.373 e. The quantitative estimate of drug-likeness (QED) is 0.821. The van der Waals surface area contributed by atoms with Crippen LogP contribution < -0.4 is 0 Å². The first-order chi connectivity index (χ1) is 11.6. The zero-order valence-electron chi connectivity index (χ0n) is 14.9. The van der Waals surface area contributed by atoms with Gasteiger partial charge in [0.05, 0.1) is 25.3 Å². The third-order valence-corrected chi connectivity index (χ3v) is 4.90. The molecule has 0 radical (unpaired) electrons. The first kappa shape index (κ1) is 17.4. The second-order valence-electron chi connectivity index (χ2n) is 7.10. The Bertz CT molecular complexity index is 529. The first-order valence-electron chi connectivity index (χ1n) is 8.98. The summed E-state index contributed by atoms with van der Waals surface area (Å²) in [5, 5.41) is 0. The highest BCUT2D eigenvalue weighted by atomic mass is 16.5. The molecule has 2 saturated heterocycles. The van der Waals surface area contributed by atoms with Crippen molar-refractivity contribution in [2.75, 3.05) is 53.4 Å². The molecule has 3 rings (SSSR count). The van der Waals surface area contributed by atoms with Crippen molar-refractivity contribution < 1.29 is 9.53 Å². The molecule has 132 valence electrons. The SMILES string of the molecule is CN(C)CC(=O)N1CCO[C@@H](CN2CCCC2)[C@@H]1c1ccccc1. The number of amides is 1. The predicted molar refractivity (Wildman–Crippen MR) is 94.9 cm³/mol. The molecule has 5 heteroatoms. The van der Waals surface area contributed by atoms with Gasteiger partial charge in [-0.05, 0) is 45.6 Å². The van der Waals surface area contributed by atoms with E-state index in [1.54, 1.807) is 0 Å². The maximum Gasteiger partial charge on any atom is 0.237 e. The van der Waals surface area contributed by atoms with Crippen molar-refractivity contribution in [3.05, 3.63) is 35.9 Å². The van der Waals surface area contributed by atoms with Crippen molar-refractivity contribution in [3.63, 3.8) is 0 Å². The van der Waals surface area contributed by atoms with Crippen LogP contribution in [-0.2, 0) is 9.53 Å². The lowest BCUT2D eigenvalue weighted by Crippen LogP contribution is -2.53. The molecule has 1 amide bonds. The summed E-state index contributed by atoms with van der Waals surface area (Å²) < 4.78 is 6.14. The number of morpholine rings is 1. The van der Waals surface area contributed by atoms with Crippen LogP contribution in [0.25, 0.3) is 0 Å². The van der Waals surface area contributed by atoms with Crippen LogP contribution in [0.4, 0.5) is 0 Å². The van der Waals surface area contributed by atoms with Crippen molar-refractivity contribution in [3.8, 4) is 0 Å². The first-order valence-corrected chi connectivity index (χ1v) is 8.98. The summed E-state index contributed by atoms with van der Waals surface area (Å²) in [5.74, 6) is 0.184. The van der Waals surface area contributed by atoms with Crippen LogP contribution in [0, 0.1) is 0 Å². The highest BCUT2D eigenvalue weighted by molar-refractivity contribution is 5.79. The number of carbonyl (C=O) groups is 1. The van der Waals surface area contributed by atoms with Crippen LogP contribution in [0.15, 0.2) is 30.3 Å². The van der Waals surface area contributed by atoms with Crippen molar-refractivity contribution in [1.29, 1.82) is 0 Å². The number of carbonyl (C=O) groups excluding carboxylic acids is 1. The minimum absolute atomic E-state index is 0.00741. The zero-order valence-corrected chi connectivity index (χ0v) is 14.9. The van der Waals surface area contributed by atoms with Crippen molar-refractivity contribution in [2.24, 2.45) is 0 Å². The average Bonchev–Trinajstić information content (AvgIpc) is 3.08. The fourth-order valence-electron chi connectivity index (χ4n) is 3.79. The van der Waals surface area contributed by atoms with E-state index >= 15 is 0 Å². The van der Waals surface area contributed by atoms with E-state index in [0.29, 0.717) is 19.7 Å². The van der Waals surface area contributed by atoms with Gasteiger partial charge in [-0.2, -0.15) is 0 Å². The number of hydrogen-bond donors (Lipinski definition) is 0. The Balaban J connectivity index is 1.82. The van der Waals surface area contributed by atoms with Gasteiger partial charge in [0.15, 0.2) is 0 Å². The molecule has 2 aliphatic heterocycles. The van der Waals surface area contributed by atoms with Gasteiger partial charge in [0.1, 0.15) is 0 Å². The van der Waals surface area contributed by atoms with E-state index < -0.39 is 0 Å². The molecule has 1 aromatic rings. The molecule has 0 unspecified atom stereocenters. The molecule has 0 N–H and O–H groups in total. The molecular formula is C19H29N3O2. The summed E-state index contributed by atoms with van der Waals surface area (Å²) in [6.45, 7) is 4.94. The molecule has 0 aromatic heterocycles.